The van der Waals surface area contributed by atoms with Crippen LogP contribution in [-0.2, 0) is 0 Å². The second-order valence-corrected chi connectivity index (χ2v) is 5.49. The largest absolute Gasteiger partial charge is 0.495 e. The average Bonchev–Trinajstić information content (AvgIpc) is 2.85. The van der Waals surface area contributed by atoms with Crippen LogP contribution in [0.2, 0.25) is 0 Å². The first-order valence-corrected chi connectivity index (χ1v) is 7.15. The molecule has 0 atom stereocenters. The molecule has 1 heterocycles. The van der Waals surface area contributed by atoms with Gasteiger partial charge in [0, 0.05) is 5.56 Å². The molecule has 6 heteroatoms. The van der Waals surface area contributed by atoms with E-state index in [1.165, 1.54) is 18.4 Å². The number of hydrogen-bond acceptors (Lipinski definition) is 4. The van der Waals surface area contributed by atoms with Crippen molar-refractivity contribution in [2.75, 3.05) is 12.4 Å². The highest BCUT2D eigenvalue weighted by Gasteiger charge is 2.17. The predicted octanol–water partition coefficient (Wildman–Crippen LogP) is 2.95. The molecule has 1 amide bonds. The number of ether oxygens (including phenoxy) is 1. The molecule has 2 aromatic rings. The van der Waals surface area contributed by atoms with E-state index in [1.807, 2.05) is 18.4 Å². The van der Waals surface area contributed by atoms with Crippen molar-refractivity contribution >= 4 is 40.1 Å². The first-order chi connectivity index (χ1) is 9.54. The van der Waals surface area contributed by atoms with Crippen LogP contribution in [0.3, 0.4) is 0 Å². The fourth-order valence-electron chi connectivity index (χ4n) is 1.81. The molecular weight excluding hydrogens is 292 g/mol. The number of benzene rings is 1. The molecule has 2 rings (SSSR count). The molecule has 0 fully saturated rings. The SMILES string of the molecule is COc1cccc(C(N)=S)c1NC(=O)c1sccc1C. The number of amides is 1. The van der Waals surface area contributed by atoms with Crippen molar-refractivity contribution in [3.63, 3.8) is 0 Å². The number of nitrogens with one attached hydrogen (secondary N) is 1. The number of methoxy groups -OCH3 is 1. The summed E-state index contributed by atoms with van der Waals surface area (Å²) in [7, 11) is 1.53. The van der Waals surface area contributed by atoms with Crippen molar-refractivity contribution in [3.05, 3.63) is 45.6 Å². The van der Waals surface area contributed by atoms with E-state index < -0.39 is 0 Å². The van der Waals surface area contributed by atoms with E-state index in [4.69, 9.17) is 22.7 Å². The lowest BCUT2D eigenvalue weighted by Gasteiger charge is -2.14. The number of carbonyl (C=O) groups is 1. The number of aryl methyl sites for hydroxylation is 1. The number of rotatable bonds is 4. The van der Waals surface area contributed by atoms with Gasteiger partial charge in [0.05, 0.1) is 17.7 Å². The number of anilines is 1. The van der Waals surface area contributed by atoms with Crippen LogP contribution in [-0.4, -0.2) is 18.0 Å². The zero-order chi connectivity index (χ0) is 14.7. The van der Waals surface area contributed by atoms with Gasteiger partial charge in [0.1, 0.15) is 10.7 Å². The Morgan fingerprint density at radius 1 is 1.40 bits per heavy atom. The van der Waals surface area contributed by atoms with Gasteiger partial charge in [-0.15, -0.1) is 11.3 Å². The highest BCUT2D eigenvalue weighted by molar-refractivity contribution is 7.80. The molecule has 1 aromatic carbocycles. The van der Waals surface area contributed by atoms with Crippen molar-refractivity contribution in [2.24, 2.45) is 5.73 Å². The molecule has 0 aliphatic rings. The molecule has 0 spiro atoms. The van der Waals surface area contributed by atoms with Crippen molar-refractivity contribution in [1.29, 1.82) is 0 Å². The van der Waals surface area contributed by atoms with Gasteiger partial charge in [-0.2, -0.15) is 0 Å². The Morgan fingerprint density at radius 2 is 2.15 bits per heavy atom. The highest BCUT2D eigenvalue weighted by atomic mass is 32.1. The van der Waals surface area contributed by atoms with E-state index >= 15 is 0 Å². The fourth-order valence-corrected chi connectivity index (χ4v) is 2.80. The zero-order valence-electron chi connectivity index (χ0n) is 11.1. The molecule has 20 heavy (non-hydrogen) atoms. The van der Waals surface area contributed by atoms with Crippen molar-refractivity contribution in [3.8, 4) is 5.75 Å². The van der Waals surface area contributed by atoms with Crippen LogP contribution >= 0.6 is 23.6 Å². The minimum absolute atomic E-state index is 0.195. The number of carbonyl (C=O) groups excluding carboxylic acids is 1. The molecule has 0 radical (unpaired) electrons. The molecule has 1 aromatic heterocycles. The Balaban J connectivity index is 2.40. The number of para-hydroxylation sites is 1. The van der Waals surface area contributed by atoms with E-state index in [0.717, 1.165) is 5.56 Å². The van der Waals surface area contributed by atoms with Gasteiger partial charge in [-0.25, -0.2) is 0 Å². The second kappa shape index (κ2) is 6.02. The summed E-state index contributed by atoms with van der Waals surface area (Å²) in [6, 6.07) is 7.18. The number of thiocarbonyl (C=S) groups is 1. The van der Waals surface area contributed by atoms with E-state index in [2.05, 4.69) is 5.32 Å². The summed E-state index contributed by atoms with van der Waals surface area (Å²) in [5.41, 5.74) is 7.70. The molecule has 4 nitrogen and oxygen atoms in total. The lowest BCUT2D eigenvalue weighted by molar-refractivity contribution is 0.102. The molecule has 104 valence electrons. The highest BCUT2D eigenvalue weighted by Crippen LogP contribution is 2.29. The minimum Gasteiger partial charge on any atom is -0.495 e. The second-order valence-electron chi connectivity index (χ2n) is 4.13. The third-order valence-electron chi connectivity index (χ3n) is 2.82. The van der Waals surface area contributed by atoms with Gasteiger partial charge in [0.2, 0.25) is 0 Å². The number of nitrogens with two attached hydrogens (primary N) is 1. The monoisotopic (exact) mass is 306 g/mol. The van der Waals surface area contributed by atoms with Gasteiger partial charge < -0.3 is 15.8 Å². The van der Waals surface area contributed by atoms with Crippen LogP contribution in [0.5, 0.6) is 5.75 Å². The van der Waals surface area contributed by atoms with Gasteiger partial charge in [-0.3, -0.25) is 4.79 Å². The average molecular weight is 306 g/mol. The molecule has 3 N–H and O–H groups in total. The van der Waals surface area contributed by atoms with E-state index in [0.29, 0.717) is 21.9 Å². The molecule has 0 saturated heterocycles. The number of thiophene rings is 1. The Bertz CT molecular complexity index is 665. The topological polar surface area (TPSA) is 64.3 Å². The van der Waals surface area contributed by atoms with Crippen LogP contribution in [0.25, 0.3) is 0 Å². The Morgan fingerprint density at radius 3 is 2.70 bits per heavy atom. The first-order valence-electron chi connectivity index (χ1n) is 5.87. The van der Waals surface area contributed by atoms with Gasteiger partial charge in [0.25, 0.3) is 5.91 Å². The van der Waals surface area contributed by atoms with Gasteiger partial charge in [-0.1, -0.05) is 18.3 Å². The van der Waals surface area contributed by atoms with Crippen LogP contribution in [0.4, 0.5) is 5.69 Å². The van der Waals surface area contributed by atoms with Gasteiger partial charge in [0.15, 0.2) is 0 Å². The molecule has 0 saturated carbocycles. The van der Waals surface area contributed by atoms with Crippen LogP contribution in [0, 0.1) is 6.92 Å². The zero-order valence-corrected chi connectivity index (χ0v) is 12.7. The van der Waals surface area contributed by atoms with E-state index in [1.54, 1.807) is 18.2 Å². The first kappa shape index (κ1) is 14.5. The maximum absolute atomic E-state index is 12.3. The van der Waals surface area contributed by atoms with Crippen LogP contribution in [0.15, 0.2) is 29.6 Å². The van der Waals surface area contributed by atoms with Crippen molar-refractivity contribution in [1.82, 2.24) is 0 Å². The summed E-state index contributed by atoms with van der Waals surface area (Å²) in [5.74, 6) is 0.331. The molecule has 0 aliphatic carbocycles. The summed E-state index contributed by atoms with van der Waals surface area (Å²) < 4.78 is 5.26. The predicted molar refractivity (Wildman–Crippen MR) is 85.9 cm³/mol. The van der Waals surface area contributed by atoms with Crippen LogP contribution < -0.4 is 15.8 Å². The standard InChI is InChI=1S/C14H14N2O2S2/c1-8-6-7-20-12(8)14(17)16-11-9(13(15)19)4-3-5-10(11)18-2/h3-7H,1-2H3,(H2,15,19)(H,16,17). The summed E-state index contributed by atoms with van der Waals surface area (Å²) in [6.07, 6.45) is 0. The van der Waals surface area contributed by atoms with Crippen LogP contribution in [0.1, 0.15) is 20.8 Å². The smallest absolute Gasteiger partial charge is 0.266 e. The van der Waals surface area contributed by atoms with Gasteiger partial charge in [-0.05, 0) is 36.1 Å². The lowest BCUT2D eigenvalue weighted by atomic mass is 10.1. The Hall–Kier alpha value is -1.92. The summed E-state index contributed by atoms with van der Waals surface area (Å²) in [5, 5.41) is 4.71. The van der Waals surface area contributed by atoms with Gasteiger partial charge >= 0.3 is 0 Å². The Labute approximate surface area is 126 Å². The Kier molecular flexibility index (Phi) is 4.36. The third-order valence-corrected chi connectivity index (χ3v) is 4.05. The summed E-state index contributed by atoms with van der Waals surface area (Å²) in [6.45, 7) is 1.89. The quantitative estimate of drug-likeness (QED) is 0.852. The fraction of sp³-hybridized carbons (Fsp3) is 0.143. The molecule has 0 aliphatic heterocycles. The molecular formula is C14H14N2O2S2. The van der Waals surface area contributed by atoms with Crippen molar-refractivity contribution < 1.29 is 9.53 Å². The summed E-state index contributed by atoms with van der Waals surface area (Å²) in [4.78, 5) is 13.2. The van der Waals surface area contributed by atoms with E-state index in [-0.39, 0.29) is 10.9 Å². The molecule has 0 unspecified atom stereocenters. The third kappa shape index (κ3) is 2.81. The molecule has 0 bridgehead atoms. The van der Waals surface area contributed by atoms with E-state index in [9.17, 15) is 4.79 Å². The maximum Gasteiger partial charge on any atom is 0.266 e. The lowest BCUT2D eigenvalue weighted by Crippen LogP contribution is -2.18. The number of hydrogen-bond donors (Lipinski definition) is 2. The summed E-state index contributed by atoms with van der Waals surface area (Å²) >= 11 is 6.40. The normalized spacial score (nSPS) is 10.1. The van der Waals surface area contributed by atoms with Crippen molar-refractivity contribution in [2.45, 2.75) is 6.92 Å². The maximum atomic E-state index is 12.3. The minimum atomic E-state index is -0.195.